The van der Waals surface area contributed by atoms with Crippen LogP contribution in [0, 0.1) is 0 Å². The Labute approximate surface area is 135 Å². The van der Waals surface area contributed by atoms with Gasteiger partial charge in [0.2, 0.25) is 5.91 Å². The molecule has 0 aliphatic heterocycles. The molecule has 0 aromatic rings. The topological polar surface area (TPSA) is 83.5 Å². The molecule has 0 fully saturated rings. The van der Waals surface area contributed by atoms with Gasteiger partial charge in [0.1, 0.15) is 0 Å². The van der Waals surface area contributed by atoms with Crippen LogP contribution in [0.2, 0.25) is 0 Å². The maximum Gasteiger partial charge on any atom is 0.266 e. The van der Waals surface area contributed by atoms with Crippen molar-refractivity contribution in [1.29, 1.82) is 0 Å². The first-order valence-corrected chi connectivity index (χ1v) is 9.88. The minimum absolute atomic E-state index is 0.412. The molecule has 130 valence electrons. The fourth-order valence-corrected chi connectivity index (χ4v) is 3.17. The van der Waals surface area contributed by atoms with Crippen molar-refractivity contribution in [2.75, 3.05) is 5.75 Å². The van der Waals surface area contributed by atoms with Crippen molar-refractivity contribution in [3.05, 3.63) is 12.7 Å². The van der Waals surface area contributed by atoms with E-state index in [2.05, 4.69) is 18.8 Å². The van der Waals surface area contributed by atoms with Crippen LogP contribution >= 0.6 is 0 Å². The third kappa shape index (κ3) is 14.1. The van der Waals surface area contributed by atoms with Gasteiger partial charge in [0.15, 0.2) is 0 Å². The summed E-state index contributed by atoms with van der Waals surface area (Å²) in [6, 6.07) is -0.551. The van der Waals surface area contributed by atoms with E-state index in [0.29, 0.717) is 6.42 Å². The van der Waals surface area contributed by atoms with Crippen LogP contribution in [0.25, 0.3) is 0 Å². The normalized spacial score (nSPS) is 12.8. The molecule has 0 spiro atoms. The van der Waals surface area contributed by atoms with E-state index in [1.165, 1.54) is 38.5 Å². The first-order valence-electron chi connectivity index (χ1n) is 8.27. The molecule has 0 aromatic heterocycles. The van der Waals surface area contributed by atoms with Crippen molar-refractivity contribution in [2.24, 2.45) is 0 Å². The molecule has 22 heavy (non-hydrogen) atoms. The summed E-state index contributed by atoms with van der Waals surface area (Å²) in [6.45, 7) is 5.54. The maximum absolute atomic E-state index is 11.3. The predicted octanol–water partition coefficient (Wildman–Crippen LogP) is 3.47. The van der Waals surface area contributed by atoms with Crippen molar-refractivity contribution in [3.63, 3.8) is 0 Å². The van der Waals surface area contributed by atoms with E-state index < -0.39 is 27.8 Å². The van der Waals surface area contributed by atoms with Crippen molar-refractivity contribution < 1.29 is 17.8 Å². The smallest absolute Gasteiger partial charge is 0.266 e. The molecule has 5 nitrogen and oxygen atoms in total. The van der Waals surface area contributed by atoms with Crippen LogP contribution in [0.1, 0.15) is 71.1 Å². The Kier molecular flexibility index (Phi) is 12.1. The molecule has 1 atom stereocenters. The Bertz CT molecular complexity index is 406. The largest absolute Gasteiger partial charge is 0.349 e. The molecule has 0 rings (SSSR count). The van der Waals surface area contributed by atoms with Crippen LogP contribution < -0.4 is 5.32 Å². The molecule has 0 aliphatic carbocycles. The zero-order chi connectivity index (χ0) is 16.8. The summed E-state index contributed by atoms with van der Waals surface area (Å²) >= 11 is 0. The molecule has 2 N–H and O–H groups in total. The number of nitrogens with one attached hydrogen (secondary N) is 1. The van der Waals surface area contributed by atoms with Crippen LogP contribution in [0.3, 0.4) is 0 Å². The summed E-state index contributed by atoms with van der Waals surface area (Å²) in [5.74, 6) is -0.853. The summed E-state index contributed by atoms with van der Waals surface area (Å²) in [5, 5.41) is 2.55. The van der Waals surface area contributed by atoms with E-state index in [9.17, 15) is 13.2 Å². The lowest BCUT2D eigenvalue weighted by molar-refractivity contribution is -0.117. The minimum atomic E-state index is -4.09. The maximum atomic E-state index is 11.3. The van der Waals surface area contributed by atoms with Gasteiger partial charge in [-0.05, 0) is 12.5 Å². The summed E-state index contributed by atoms with van der Waals surface area (Å²) in [5.41, 5.74) is 0. The third-order valence-electron chi connectivity index (χ3n) is 3.60. The number of unbranched alkanes of at least 4 members (excludes halogenated alkanes) is 8. The summed E-state index contributed by atoms with van der Waals surface area (Å²) in [7, 11) is -4.09. The lowest BCUT2D eigenvalue weighted by Crippen LogP contribution is -2.38. The van der Waals surface area contributed by atoms with Gasteiger partial charge >= 0.3 is 0 Å². The molecule has 0 saturated carbocycles. The number of hydrogen-bond acceptors (Lipinski definition) is 3. The minimum Gasteiger partial charge on any atom is -0.349 e. The Balaban J connectivity index is 3.84. The molecule has 1 unspecified atom stereocenters. The average molecular weight is 333 g/mol. The molecular weight excluding hydrogens is 302 g/mol. The quantitative estimate of drug-likeness (QED) is 0.290. The number of hydrogen-bond donors (Lipinski definition) is 2. The van der Waals surface area contributed by atoms with E-state index in [4.69, 9.17) is 4.55 Å². The number of carbonyl (C=O) groups is 1. The van der Waals surface area contributed by atoms with Crippen molar-refractivity contribution in [1.82, 2.24) is 5.32 Å². The predicted molar refractivity (Wildman–Crippen MR) is 90.4 cm³/mol. The van der Waals surface area contributed by atoms with Crippen molar-refractivity contribution in [2.45, 2.75) is 77.2 Å². The van der Waals surface area contributed by atoms with Gasteiger partial charge in [-0.25, -0.2) is 0 Å². The summed E-state index contributed by atoms with van der Waals surface area (Å²) in [6.07, 6.45) is 12.2. The molecule has 0 saturated heterocycles. The fourth-order valence-electron chi connectivity index (χ4n) is 2.41. The van der Waals surface area contributed by atoms with Crippen molar-refractivity contribution >= 4 is 16.0 Å². The van der Waals surface area contributed by atoms with Gasteiger partial charge in [0.05, 0.1) is 5.75 Å². The lowest BCUT2D eigenvalue weighted by Gasteiger charge is -2.16. The van der Waals surface area contributed by atoms with Crippen LogP contribution in [-0.2, 0) is 14.9 Å². The first kappa shape index (κ1) is 21.1. The monoisotopic (exact) mass is 333 g/mol. The number of rotatable bonds is 14. The van der Waals surface area contributed by atoms with Crippen LogP contribution in [0.4, 0.5) is 0 Å². The van der Waals surface area contributed by atoms with E-state index >= 15 is 0 Å². The van der Waals surface area contributed by atoms with Crippen LogP contribution in [0.15, 0.2) is 12.7 Å². The van der Waals surface area contributed by atoms with Gasteiger partial charge in [-0.3, -0.25) is 9.35 Å². The van der Waals surface area contributed by atoms with E-state index in [1.807, 2.05) is 0 Å². The highest BCUT2D eigenvalue weighted by atomic mass is 32.2. The molecule has 0 heterocycles. The van der Waals surface area contributed by atoms with Crippen LogP contribution in [-0.4, -0.2) is 30.7 Å². The molecule has 0 radical (unpaired) electrons. The molecule has 0 aromatic carbocycles. The summed E-state index contributed by atoms with van der Waals surface area (Å²) < 4.78 is 30.8. The Morgan fingerprint density at radius 1 is 1.09 bits per heavy atom. The zero-order valence-corrected chi connectivity index (χ0v) is 14.5. The standard InChI is InChI=1S/C16H31NO4S/c1-3-5-6-7-8-9-10-11-12-13-15(14-22(19,20)21)17-16(18)4-2/h4,15H,2-3,5-14H2,1H3,(H,17,18)(H,19,20,21). The van der Waals surface area contributed by atoms with Gasteiger partial charge in [-0.15, -0.1) is 0 Å². The van der Waals surface area contributed by atoms with Gasteiger partial charge in [-0.2, -0.15) is 8.42 Å². The Hall–Kier alpha value is -0.880. The second kappa shape index (κ2) is 12.6. The highest BCUT2D eigenvalue weighted by Crippen LogP contribution is 2.12. The van der Waals surface area contributed by atoms with Gasteiger partial charge in [0.25, 0.3) is 10.1 Å². The average Bonchev–Trinajstić information content (AvgIpc) is 2.43. The second-order valence-electron chi connectivity index (χ2n) is 5.78. The molecule has 0 aliphatic rings. The highest BCUT2D eigenvalue weighted by Gasteiger charge is 2.17. The highest BCUT2D eigenvalue weighted by molar-refractivity contribution is 7.85. The van der Waals surface area contributed by atoms with E-state index in [-0.39, 0.29) is 0 Å². The van der Waals surface area contributed by atoms with E-state index in [0.717, 1.165) is 25.3 Å². The summed E-state index contributed by atoms with van der Waals surface area (Å²) in [4.78, 5) is 11.3. The lowest BCUT2D eigenvalue weighted by atomic mass is 10.0. The molecule has 1 amide bonds. The third-order valence-corrected chi connectivity index (χ3v) is 4.42. The fraction of sp³-hybridized carbons (Fsp3) is 0.812. The molecule has 0 bridgehead atoms. The number of amides is 1. The Morgan fingerprint density at radius 2 is 1.59 bits per heavy atom. The van der Waals surface area contributed by atoms with Crippen LogP contribution in [0.5, 0.6) is 0 Å². The second-order valence-corrected chi connectivity index (χ2v) is 7.27. The Morgan fingerprint density at radius 3 is 2.05 bits per heavy atom. The van der Waals surface area contributed by atoms with E-state index in [1.54, 1.807) is 0 Å². The first-order chi connectivity index (χ1) is 10.4. The van der Waals surface area contributed by atoms with Gasteiger partial charge in [0, 0.05) is 6.04 Å². The van der Waals surface area contributed by atoms with Gasteiger partial charge in [-0.1, -0.05) is 71.3 Å². The van der Waals surface area contributed by atoms with Crippen molar-refractivity contribution in [3.8, 4) is 0 Å². The molecule has 6 heteroatoms. The zero-order valence-electron chi connectivity index (χ0n) is 13.7. The number of carbonyl (C=O) groups excluding carboxylic acids is 1. The SMILES string of the molecule is C=CC(=O)NC(CCCCCCCCCCC)CS(=O)(=O)O. The van der Waals surface area contributed by atoms with Gasteiger partial charge < -0.3 is 5.32 Å². The molecular formula is C16H31NO4S.